The molecule has 76 valence electrons. The fourth-order valence-corrected chi connectivity index (χ4v) is 1.78. The first kappa shape index (κ1) is 10.2. The third kappa shape index (κ3) is 2.18. The molecule has 0 aliphatic heterocycles. The lowest BCUT2D eigenvalue weighted by Crippen LogP contribution is -1.88. The van der Waals surface area contributed by atoms with Crippen LogP contribution < -0.4 is 0 Å². The van der Waals surface area contributed by atoms with Gasteiger partial charge in [0, 0.05) is 17.6 Å². The summed E-state index contributed by atoms with van der Waals surface area (Å²) in [6, 6.07) is 12.2. The smallest absolute Gasteiger partial charge is 0.0704 e. The van der Waals surface area contributed by atoms with E-state index in [1.807, 2.05) is 30.5 Å². The maximum absolute atomic E-state index is 5.78. The van der Waals surface area contributed by atoms with E-state index in [1.165, 1.54) is 11.1 Å². The van der Waals surface area contributed by atoms with Crippen LogP contribution >= 0.6 is 11.6 Å². The molecule has 0 fully saturated rings. The lowest BCUT2D eigenvalue weighted by Gasteiger charge is -2.06. The molecule has 0 saturated heterocycles. The molecule has 15 heavy (non-hydrogen) atoms. The Kier molecular flexibility index (Phi) is 3.02. The normalized spacial score (nSPS) is 10.3. The Balaban J connectivity index is 2.46. The number of benzene rings is 1. The van der Waals surface area contributed by atoms with Crippen LogP contribution in [0, 0.1) is 6.92 Å². The van der Waals surface area contributed by atoms with Crippen molar-refractivity contribution in [2.75, 3.05) is 0 Å². The van der Waals surface area contributed by atoms with E-state index in [0.717, 1.165) is 11.3 Å². The van der Waals surface area contributed by atoms with Gasteiger partial charge in [-0.2, -0.15) is 0 Å². The molecule has 0 atom stereocenters. The summed E-state index contributed by atoms with van der Waals surface area (Å²) < 4.78 is 0. The highest BCUT2D eigenvalue weighted by Gasteiger charge is 2.02. The van der Waals surface area contributed by atoms with E-state index in [2.05, 4.69) is 24.0 Å². The second-order valence-corrected chi connectivity index (χ2v) is 3.77. The molecule has 0 bridgehead atoms. The summed E-state index contributed by atoms with van der Waals surface area (Å²) >= 11 is 5.78. The molecule has 0 saturated carbocycles. The Morgan fingerprint density at radius 3 is 2.67 bits per heavy atom. The Morgan fingerprint density at radius 2 is 2.07 bits per heavy atom. The summed E-state index contributed by atoms with van der Waals surface area (Å²) in [7, 11) is 0. The predicted octanol–water partition coefficient (Wildman–Crippen LogP) is 3.80. The number of alkyl halides is 1. The maximum Gasteiger partial charge on any atom is 0.0704 e. The highest BCUT2D eigenvalue weighted by molar-refractivity contribution is 6.17. The predicted molar refractivity (Wildman–Crippen MR) is 64.0 cm³/mol. The molecule has 1 heterocycles. The van der Waals surface area contributed by atoms with E-state index in [-0.39, 0.29) is 0 Å². The van der Waals surface area contributed by atoms with Crippen LogP contribution in [-0.2, 0) is 5.88 Å². The zero-order valence-corrected chi connectivity index (χ0v) is 9.33. The first-order chi connectivity index (χ1) is 7.31. The Bertz CT molecular complexity index is 451. The first-order valence-electron chi connectivity index (χ1n) is 4.88. The zero-order chi connectivity index (χ0) is 10.7. The quantitative estimate of drug-likeness (QED) is 0.698. The van der Waals surface area contributed by atoms with Crippen LogP contribution in [-0.4, -0.2) is 4.98 Å². The van der Waals surface area contributed by atoms with Crippen molar-refractivity contribution in [2.24, 2.45) is 0 Å². The average molecular weight is 218 g/mol. The summed E-state index contributed by atoms with van der Waals surface area (Å²) in [4.78, 5) is 4.33. The van der Waals surface area contributed by atoms with E-state index in [9.17, 15) is 0 Å². The van der Waals surface area contributed by atoms with Crippen molar-refractivity contribution in [1.29, 1.82) is 0 Å². The number of nitrogens with zero attached hydrogens (tertiary/aromatic N) is 1. The SMILES string of the molecule is Cc1cc(CCl)ccc1-c1ccccn1. The molecule has 2 aromatic rings. The molecule has 0 unspecified atom stereocenters. The van der Waals surface area contributed by atoms with E-state index >= 15 is 0 Å². The molecule has 0 radical (unpaired) electrons. The summed E-state index contributed by atoms with van der Waals surface area (Å²) in [5, 5.41) is 0. The molecule has 0 amide bonds. The summed E-state index contributed by atoms with van der Waals surface area (Å²) in [5.41, 5.74) is 4.54. The van der Waals surface area contributed by atoms with E-state index in [4.69, 9.17) is 11.6 Å². The van der Waals surface area contributed by atoms with Crippen LogP contribution in [0.1, 0.15) is 11.1 Å². The average Bonchev–Trinajstić information content (AvgIpc) is 2.30. The first-order valence-corrected chi connectivity index (χ1v) is 5.41. The van der Waals surface area contributed by atoms with Crippen molar-refractivity contribution < 1.29 is 0 Å². The fourth-order valence-electron chi connectivity index (χ4n) is 1.62. The van der Waals surface area contributed by atoms with Gasteiger partial charge in [-0.15, -0.1) is 11.6 Å². The van der Waals surface area contributed by atoms with Gasteiger partial charge >= 0.3 is 0 Å². The minimum Gasteiger partial charge on any atom is -0.256 e. The number of hydrogen-bond donors (Lipinski definition) is 0. The van der Waals surface area contributed by atoms with Crippen LogP contribution in [0.25, 0.3) is 11.3 Å². The molecular formula is C13H12ClN. The van der Waals surface area contributed by atoms with E-state index < -0.39 is 0 Å². The van der Waals surface area contributed by atoms with Crippen molar-refractivity contribution >= 4 is 11.6 Å². The summed E-state index contributed by atoms with van der Waals surface area (Å²) in [6.07, 6.45) is 1.81. The monoisotopic (exact) mass is 217 g/mol. The van der Waals surface area contributed by atoms with Crippen molar-refractivity contribution in [3.05, 3.63) is 53.7 Å². The molecule has 0 N–H and O–H groups in total. The molecule has 1 aromatic carbocycles. The Morgan fingerprint density at radius 1 is 1.20 bits per heavy atom. The fraction of sp³-hybridized carbons (Fsp3) is 0.154. The molecule has 2 heteroatoms. The van der Waals surface area contributed by atoms with Crippen LogP contribution in [0.2, 0.25) is 0 Å². The minimum atomic E-state index is 0.559. The number of aryl methyl sites for hydroxylation is 1. The number of hydrogen-bond acceptors (Lipinski definition) is 1. The second kappa shape index (κ2) is 4.45. The van der Waals surface area contributed by atoms with E-state index in [0.29, 0.717) is 5.88 Å². The topological polar surface area (TPSA) is 12.9 Å². The lowest BCUT2D eigenvalue weighted by molar-refractivity contribution is 1.28. The maximum atomic E-state index is 5.78. The van der Waals surface area contributed by atoms with Crippen molar-refractivity contribution in [3.63, 3.8) is 0 Å². The van der Waals surface area contributed by atoms with Gasteiger partial charge in [-0.1, -0.05) is 24.3 Å². The third-order valence-electron chi connectivity index (χ3n) is 2.39. The molecule has 2 rings (SSSR count). The van der Waals surface area contributed by atoms with Crippen molar-refractivity contribution in [1.82, 2.24) is 4.98 Å². The summed E-state index contributed by atoms with van der Waals surface area (Å²) in [5.74, 6) is 0.559. The van der Waals surface area contributed by atoms with Gasteiger partial charge in [0.25, 0.3) is 0 Å². The Labute approximate surface area is 94.7 Å². The van der Waals surface area contributed by atoms with Gasteiger partial charge in [0.2, 0.25) is 0 Å². The number of halogens is 1. The summed E-state index contributed by atoms with van der Waals surface area (Å²) in [6.45, 7) is 2.08. The largest absolute Gasteiger partial charge is 0.256 e. The number of rotatable bonds is 2. The van der Waals surface area contributed by atoms with Crippen LogP contribution in [0.5, 0.6) is 0 Å². The third-order valence-corrected chi connectivity index (χ3v) is 2.69. The number of aromatic nitrogens is 1. The second-order valence-electron chi connectivity index (χ2n) is 3.50. The Hall–Kier alpha value is -1.34. The van der Waals surface area contributed by atoms with Crippen molar-refractivity contribution in [2.45, 2.75) is 12.8 Å². The highest BCUT2D eigenvalue weighted by Crippen LogP contribution is 2.22. The molecule has 0 aliphatic carbocycles. The van der Waals surface area contributed by atoms with Gasteiger partial charge in [0.1, 0.15) is 0 Å². The molecule has 0 aliphatic rings. The van der Waals surface area contributed by atoms with Gasteiger partial charge in [0.05, 0.1) is 5.69 Å². The van der Waals surface area contributed by atoms with E-state index in [1.54, 1.807) is 0 Å². The van der Waals surface area contributed by atoms with Crippen molar-refractivity contribution in [3.8, 4) is 11.3 Å². The van der Waals surface area contributed by atoms with Crippen LogP contribution in [0.3, 0.4) is 0 Å². The van der Waals surface area contributed by atoms with Gasteiger partial charge in [-0.05, 0) is 30.2 Å². The van der Waals surface area contributed by atoms with Gasteiger partial charge in [0.15, 0.2) is 0 Å². The van der Waals surface area contributed by atoms with Gasteiger partial charge in [-0.3, -0.25) is 4.98 Å². The molecule has 1 nitrogen and oxygen atoms in total. The zero-order valence-electron chi connectivity index (χ0n) is 8.57. The van der Waals surface area contributed by atoms with Gasteiger partial charge in [-0.25, -0.2) is 0 Å². The number of pyridine rings is 1. The van der Waals surface area contributed by atoms with Crippen LogP contribution in [0.15, 0.2) is 42.6 Å². The van der Waals surface area contributed by atoms with Gasteiger partial charge < -0.3 is 0 Å². The molecular weight excluding hydrogens is 206 g/mol. The lowest BCUT2D eigenvalue weighted by atomic mass is 10.0. The molecule has 0 spiro atoms. The standard InChI is InChI=1S/C13H12ClN/c1-10-8-11(9-14)5-6-12(10)13-4-2-3-7-15-13/h2-8H,9H2,1H3. The highest BCUT2D eigenvalue weighted by atomic mass is 35.5. The minimum absolute atomic E-state index is 0.559. The molecule has 1 aromatic heterocycles. The van der Waals surface area contributed by atoms with Crippen LogP contribution in [0.4, 0.5) is 0 Å².